The first-order chi connectivity index (χ1) is 11.2. The maximum Gasteiger partial charge on any atom is 0.103 e. The maximum absolute atomic E-state index is 4.63. The van der Waals surface area contributed by atoms with E-state index in [0.717, 1.165) is 32.7 Å². The summed E-state index contributed by atoms with van der Waals surface area (Å²) >= 11 is 0. The zero-order chi connectivity index (χ0) is 16.1. The molecule has 3 nitrogen and oxygen atoms in total. The average Bonchev–Trinajstić information content (AvgIpc) is 2.58. The van der Waals surface area contributed by atoms with Crippen molar-refractivity contribution in [2.45, 2.75) is 20.4 Å². The van der Waals surface area contributed by atoms with Gasteiger partial charge in [-0.05, 0) is 19.4 Å². The molecule has 1 saturated heterocycles. The zero-order valence-corrected chi connectivity index (χ0v) is 14.1. The third kappa shape index (κ3) is 4.67. The summed E-state index contributed by atoms with van der Waals surface area (Å²) in [5.41, 5.74) is 5.22. The van der Waals surface area contributed by atoms with Crippen molar-refractivity contribution in [2.24, 2.45) is 5.10 Å². The third-order valence-corrected chi connectivity index (χ3v) is 4.47. The first-order valence-corrected chi connectivity index (χ1v) is 8.44. The van der Waals surface area contributed by atoms with Crippen LogP contribution in [0.4, 0.5) is 0 Å². The van der Waals surface area contributed by atoms with E-state index in [1.165, 1.54) is 22.3 Å². The zero-order valence-electron chi connectivity index (χ0n) is 14.1. The lowest BCUT2D eigenvalue weighted by molar-refractivity contribution is -0.918. The number of hydrogen-bond acceptors (Lipinski definition) is 2. The van der Waals surface area contributed by atoms with Crippen LogP contribution in [0.15, 0.2) is 53.6 Å². The summed E-state index contributed by atoms with van der Waals surface area (Å²) in [4.78, 5) is 1.65. The summed E-state index contributed by atoms with van der Waals surface area (Å²) in [7, 11) is 0. The van der Waals surface area contributed by atoms with Crippen molar-refractivity contribution in [1.29, 1.82) is 0 Å². The van der Waals surface area contributed by atoms with Crippen LogP contribution in [0.3, 0.4) is 0 Å². The van der Waals surface area contributed by atoms with E-state index in [1.54, 1.807) is 4.90 Å². The Hall–Kier alpha value is -2.13. The summed E-state index contributed by atoms with van der Waals surface area (Å²) in [6.07, 6.45) is 1.98. The minimum atomic E-state index is 1.03. The highest BCUT2D eigenvalue weighted by molar-refractivity contribution is 5.79. The molecule has 1 heterocycles. The van der Waals surface area contributed by atoms with Crippen LogP contribution in [0, 0.1) is 13.8 Å². The van der Waals surface area contributed by atoms with Crippen LogP contribution >= 0.6 is 0 Å². The molecule has 0 unspecified atom stereocenters. The summed E-state index contributed by atoms with van der Waals surface area (Å²) in [5.74, 6) is 0. The van der Waals surface area contributed by atoms with E-state index < -0.39 is 0 Å². The van der Waals surface area contributed by atoms with Crippen LogP contribution < -0.4 is 4.90 Å². The van der Waals surface area contributed by atoms with E-state index in [-0.39, 0.29) is 0 Å². The lowest BCUT2D eigenvalue weighted by Gasteiger charge is -2.30. The van der Waals surface area contributed by atoms with E-state index in [1.807, 2.05) is 6.21 Å². The molecule has 0 spiro atoms. The number of nitrogens with zero attached hydrogens (tertiary/aromatic N) is 2. The Morgan fingerprint density at radius 3 is 2.09 bits per heavy atom. The minimum absolute atomic E-state index is 1.03. The van der Waals surface area contributed by atoms with E-state index in [9.17, 15) is 0 Å². The van der Waals surface area contributed by atoms with Crippen molar-refractivity contribution in [3.05, 3.63) is 70.8 Å². The van der Waals surface area contributed by atoms with E-state index >= 15 is 0 Å². The number of hydrogen-bond donors (Lipinski definition) is 1. The summed E-state index contributed by atoms with van der Waals surface area (Å²) < 4.78 is 0. The molecular weight excluding hydrogens is 282 g/mol. The van der Waals surface area contributed by atoms with Gasteiger partial charge >= 0.3 is 0 Å². The number of rotatable bonds is 4. The largest absolute Gasteiger partial charge is 0.328 e. The molecule has 23 heavy (non-hydrogen) atoms. The lowest BCUT2D eigenvalue weighted by Crippen LogP contribution is -3.13. The highest BCUT2D eigenvalue weighted by Gasteiger charge is 2.18. The van der Waals surface area contributed by atoms with Crippen LogP contribution in [0.2, 0.25) is 0 Å². The molecule has 3 heteroatoms. The Bertz CT molecular complexity index is 636. The van der Waals surface area contributed by atoms with Crippen molar-refractivity contribution in [1.82, 2.24) is 5.01 Å². The fourth-order valence-corrected chi connectivity index (χ4v) is 2.90. The molecule has 0 saturated carbocycles. The fourth-order valence-electron chi connectivity index (χ4n) is 2.90. The van der Waals surface area contributed by atoms with Crippen molar-refractivity contribution >= 4 is 6.21 Å². The molecule has 0 radical (unpaired) electrons. The summed E-state index contributed by atoms with van der Waals surface area (Å²) in [6, 6.07) is 17.4. The smallest absolute Gasteiger partial charge is 0.103 e. The van der Waals surface area contributed by atoms with Gasteiger partial charge in [-0.1, -0.05) is 59.7 Å². The van der Waals surface area contributed by atoms with Crippen LogP contribution in [-0.4, -0.2) is 37.4 Å². The normalized spacial score (nSPS) is 16.2. The summed E-state index contributed by atoms with van der Waals surface area (Å²) in [5, 5.41) is 6.82. The fraction of sp³-hybridized carbons (Fsp3) is 0.350. The van der Waals surface area contributed by atoms with Crippen molar-refractivity contribution in [3.8, 4) is 0 Å². The highest BCUT2D eigenvalue weighted by atomic mass is 15.5. The second-order valence-electron chi connectivity index (χ2n) is 6.52. The number of benzene rings is 2. The van der Waals surface area contributed by atoms with Crippen LogP contribution in [0.1, 0.15) is 22.3 Å². The van der Waals surface area contributed by atoms with Gasteiger partial charge in [0.15, 0.2) is 0 Å². The molecule has 2 aromatic carbocycles. The monoisotopic (exact) mass is 308 g/mol. The Labute approximate surface area is 139 Å². The van der Waals surface area contributed by atoms with Crippen molar-refractivity contribution < 1.29 is 4.90 Å². The molecule has 1 aliphatic heterocycles. The Morgan fingerprint density at radius 2 is 1.48 bits per heavy atom. The SMILES string of the molecule is Cc1ccc(/C=N/N2CC[NH+](Cc3ccc(C)cc3)CC2)cc1. The second kappa shape index (κ2) is 7.42. The number of quaternary nitrogens is 1. The minimum Gasteiger partial charge on any atom is -0.328 e. The van der Waals surface area contributed by atoms with E-state index in [4.69, 9.17) is 0 Å². The first-order valence-electron chi connectivity index (χ1n) is 8.44. The predicted molar refractivity (Wildman–Crippen MR) is 95.9 cm³/mol. The van der Waals surface area contributed by atoms with Crippen LogP contribution in [-0.2, 0) is 6.54 Å². The Kier molecular flexibility index (Phi) is 5.09. The van der Waals surface area contributed by atoms with Crippen LogP contribution in [0.25, 0.3) is 0 Å². The maximum atomic E-state index is 4.63. The standard InChI is InChI=1S/C20H25N3/c1-17-3-7-19(8-4-17)15-21-23-13-11-22(12-14-23)16-20-9-5-18(2)6-10-20/h3-10,15H,11-14,16H2,1-2H3/p+1/b21-15+. The van der Waals surface area contributed by atoms with Gasteiger partial charge in [0.05, 0.1) is 32.4 Å². The molecule has 2 aromatic rings. The van der Waals surface area contributed by atoms with Crippen molar-refractivity contribution in [3.63, 3.8) is 0 Å². The molecule has 3 rings (SSSR count). The molecule has 0 atom stereocenters. The third-order valence-electron chi connectivity index (χ3n) is 4.47. The molecular formula is C20H26N3+. The molecule has 1 aliphatic rings. The van der Waals surface area contributed by atoms with E-state index in [0.29, 0.717) is 0 Å². The molecule has 120 valence electrons. The first kappa shape index (κ1) is 15.8. The number of piperazine rings is 1. The van der Waals surface area contributed by atoms with Gasteiger partial charge in [-0.3, -0.25) is 5.01 Å². The van der Waals surface area contributed by atoms with Gasteiger partial charge in [-0.2, -0.15) is 5.10 Å². The molecule has 0 aliphatic carbocycles. The van der Waals surface area contributed by atoms with Gasteiger partial charge in [0.2, 0.25) is 0 Å². The Morgan fingerprint density at radius 1 is 0.913 bits per heavy atom. The van der Waals surface area contributed by atoms with Gasteiger partial charge in [0.25, 0.3) is 0 Å². The number of hydrazone groups is 1. The van der Waals surface area contributed by atoms with Gasteiger partial charge in [0, 0.05) is 5.56 Å². The van der Waals surface area contributed by atoms with Crippen molar-refractivity contribution in [2.75, 3.05) is 26.2 Å². The molecule has 1 fully saturated rings. The highest BCUT2D eigenvalue weighted by Crippen LogP contribution is 2.03. The predicted octanol–water partition coefficient (Wildman–Crippen LogP) is 2.04. The topological polar surface area (TPSA) is 20.0 Å². The van der Waals surface area contributed by atoms with E-state index in [2.05, 4.69) is 72.5 Å². The average molecular weight is 308 g/mol. The lowest BCUT2D eigenvalue weighted by atomic mass is 10.1. The second-order valence-corrected chi connectivity index (χ2v) is 6.52. The Balaban J connectivity index is 1.48. The molecule has 0 amide bonds. The quantitative estimate of drug-likeness (QED) is 0.857. The molecule has 0 bridgehead atoms. The molecule has 1 N–H and O–H groups in total. The summed E-state index contributed by atoms with van der Waals surface area (Å²) in [6.45, 7) is 9.74. The van der Waals surface area contributed by atoms with Gasteiger partial charge in [-0.25, -0.2) is 0 Å². The molecule has 0 aromatic heterocycles. The van der Waals surface area contributed by atoms with Crippen LogP contribution in [0.5, 0.6) is 0 Å². The van der Waals surface area contributed by atoms with Gasteiger partial charge < -0.3 is 4.90 Å². The van der Waals surface area contributed by atoms with Gasteiger partial charge in [0.1, 0.15) is 6.54 Å². The number of nitrogens with one attached hydrogen (secondary N) is 1. The number of aryl methyl sites for hydroxylation is 2. The van der Waals surface area contributed by atoms with Gasteiger partial charge in [-0.15, -0.1) is 0 Å².